The minimum absolute atomic E-state index is 0.0137. The Balaban J connectivity index is 1.17. The summed E-state index contributed by atoms with van der Waals surface area (Å²) in [6, 6.07) is 10.6. The van der Waals surface area contributed by atoms with Crippen LogP contribution in [-0.2, 0) is 24.4 Å². The molecule has 6 rings (SSSR count). The SMILES string of the molecule is O=C1NCc2cc(Nc3nc(-c4ccc5c(c4)CN(C(=O)OC4CC(F)(F)C4)C5)ncc3F)ccc21. The Bertz CT molecular complexity index is 1410. The standard InChI is InChI=1S/C25H20F3N5O3/c26-20-10-29-21(32-22(20)31-17-3-4-19-15(6-17)9-30-23(19)34)13-1-2-14-11-33(12-16(14)5-13)24(35)36-18-7-25(27,28)8-18/h1-6,10,18H,7-9,11-12H2,(H,30,34)(H,29,31,32). The Kier molecular flexibility index (Phi) is 5.09. The number of aromatic nitrogens is 2. The zero-order valence-corrected chi connectivity index (χ0v) is 18.9. The highest BCUT2D eigenvalue weighted by molar-refractivity contribution is 5.98. The van der Waals surface area contributed by atoms with Crippen molar-refractivity contribution in [3.63, 3.8) is 0 Å². The Morgan fingerprint density at radius 2 is 1.92 bits per heavy atom. The number of fused-ring (bicyclic) bond motifs is 2. The van der Waals surface area contributed by atoms with Crippen LogP contribution in [0.1, 0.15) is 39.9 Å². The average Bonchev–Trinajstić information content (AvgIpc) is 3.42. The molecule has 0 bridgehead atoms. The van der Waals surface area contributed by atoms with Gasteiger partial charge < -0.3 is 15.4 Å². The maximum absolute atomic E-state index is 14.5. The van der Waals surface area contributed by atoms with E-state index in [0.717, 1.165) is 22.9 Å². The Morgan fingerprint density at radius 3 is 2.72 bits per heavy atom. The molecule has 2 aliphatic heterocycles. The smallest absolute Gasteiger partial charge is 0.410 e. The number of amides is 2. The Morgan fingerprint density at radius 1 is 1.11 bits per heavy atom. The van der Waals surface area contributed by atoms with E-state index < -0.39 is 36.8 Å². The summed E-state index contributed by atoms with van der Waals surface area (Å²) in [4.78, 5) is 34.0. The molecule has 2 N–H and O–H groups in total. The maximum Gasteiger partial charge on any atom is 0.410 e. The number of alkyl halides is 2. The zero-order chi connectivity index (χ0) is 25.0. The largest absolute Gasteiger partial charge is 0.446 e. The number of ether oxygens (including phenoxy) is 1. The van der Waals surface area contributed by atoms with Crippen LogP contribution in [0.3, 0.4) is 0 Å². The van der Waals surface area contributed by atoms with Crippen molar-refractivity contribution in [1.82, 2.24) is 20.2 Å². The lowest BCUT2D eigenvalue weighted by molar-refractivity contribution is -0.148. The van der Waals surface area contributed by atoms with Gasteiger partial charge in [0, 0.05) is 49.3 Å². The van der Waals surface area contributed by atoms with Gasteiger partial charge in [0.15, 0.2) is 17.5 Å². The van der Waals surface area contributed by atoms with Crippen LogP contribution in [0, 0.1) is 5.82 Å². The van der Waals surface area contributed by atoms with Crippen LogP contribution in [0.25, 0.3) is 11.4 Å². The second-order valence-electron chi connectivity index (χ2n) is 9.18. The van der Waals surface area contributed by atoms with Crippen molar-refractivity contribution in [2.75, 3.05) is 5.32 Å². The van der Waals surface area contributed by atoms with Crippen molar-refractivity contribution in [2.45, 2.75) is 44.5 Å². The van der Waals surface area contributed by atoms with Gasteiger partial charge in [-0.2, -0.15) is 0 Å². The lowest BCUT2D eigenvalue weighted by Crippen LogP contribution is -2.44. The summed E-state index contributed by atoms with van der Waals surface area (Å²) in [6.45, 7) is 0.984. The molecule has 1 fully saturated rings. The van der Waals surface area contributed by atoms with Gasteiger partial charge in [0.05, 0.1) is 6.20 Å². The van der Waals surface area contributed by atoms with E-state index >= 15 is 0 Å². The van der Waals surface area contributed by atoms with Gasteiger partial charge in [-0.05, 0) is 41.0 Å². The molecular weight excluding hydrogens is 475 g/mol. The summed E-state index contributed by atoms with van der Waals surface area (Å²) in [5, 5.41) is 5.69. The molecule has 184 valence electrons. The number of rotatable bonds is 4. The number of carbonyl (C=O) groups is 2. The minimum atomic E-state index is -2.76. The van der Waals surface area contributed by atoms with E-state index in [4.69, 9.17) is 4.74 Å². The number of anilines is 2. The second-order valence-corrected chi connectivity index (χ2v) is 9.18. The number of benzene rings is 2. The predicted molar refractivity (Wildman–Crippen MR) is 122 cm³/mol. The Labute approximate surface area is 203 Å². The van der Waals surface area contributed by atoms with Gasteiger partial charge in [0.1, 0.15) is 6.10 Å². The normalized spacial score (nSPS) is 17.8. The van der Waals surface area contributed by atoms with Gasteiger partial charge >= 0.3 is 6.09 Å². The van der Waals surface area contributed by atoms with Crippen molar-refractivity contribution in [3.8, 4) is 11.4 Å². The molecule has 0 saturated heterocycles. The molecule has 8 nitrogen and oxygen atoms in total. The van der Waals surface area contributed by atoms with Gasteiger partial charge in [0.25, 0.3) is 11.8 Å². The lowest BCUT2D eigenvalue weighted by Gasteiger charge is -2.34. The number of carbonyl (C=O) groups excluding carboxylic acids is 2. The van der Waals surface area contributed by atoms with E-state index in [9.17, 15) is 22.8 Å². The summed E-state index contributed by atoms with van der Waals surface area (Å²) < 4.78 is 45.7. The molecule has 1 saturated carbocycles. The van der Waals surface area contributed by atoms with Crippen molar-refractivity contribution in [1.29, 1.82) is 0 Å². The number of halogens is 3. The van der Waals surface area contributed by atoms with E-state index in [0.29, 0.717) is 29.9 Å². The predicted octanol–water partition coefficient (Wildman–Crippen LogP) is 4.52. The molecule has 0 unspecified atom stereocenters. The number of hydrogen-bond acceptors (Lipinski definition) is 6. The van der Waals surface area contributed by atoms with Crippen molar-refractivity contribution in [2.24, 2.45) is 0 Å². The molecule has 2 aromatic carbocycles. The zero-order valence-electron chi connectivity index (χ0n) is 18.9. The number of nitrogens with one attached hydrogen (secondary N) is 2. The average molecular weight is 495 g/mol. The molecular formula is C25H20F3N5O3. The van der Waals surface area contributed by atoms with E-state index in [1.54, 1.807) is 24.3 Å². The lowest BCUT2D eigenvalue weighted by atomic mass is 9.91. The van der Waals surface area contributed by atoms with Gasteiger partial charge in [-0.3, -0.25) is 9.69 Å². The third kappa shape index (κ3) is 4.10. The first-order valence-electron chi connectivity index (χ1n) is 11.4. The number of nitrogens with zero attached hydrogens (tertiary/aromatic N) is 3. The van der Waals surface area contributed by atoms with Crippen LogP contribution in [0.2, 0.25) is 0 Å². The summed E-state index contributed by atoms with van der Waals surface area (Å²) in [5.41, 5.74) is 4.37. The van der Waals surface area contributed by atoms with E-state index in [-0.39, 0.29) is 24.1 Å². The second kappa shape index (κ2) is 8.21. The van der Waals surface area contributed by atoms with Gasteiger partial charge in [-0.25, -0.2) is 27.9 Å². The van der Waals surface area contributed by atoms with Crippen LogP contribution < -0.4 is 10.6 Å². The third-order valence-corrected chi connectivity index (χ3v) is 6.56. The molecule has 0 spiro atoms. The summed E-state index contributed by atoms with van der Waals surface area (Å²) in [7, 11) is 0. The van der Waals surface area contributed by atoms with E-state index in [2.05, 4.69) is 20.6 Å². The van der Waals surface area contributed by atoms with Gasteiger partial charge in [-0.15, -0.1) is 0 Å². The molecule has 0 radical (unpaired) electrons. The molecule has 11 heteroatoms. The number of hydrogen-bond donors (Lipinski definition) is 2. The monoisotopic (exact) mass is 495 g/mol. The molecule has 3 aliphatic rings. The van der Waals surface area contributed by atoms with Crippen LogP contribution in [-0.4, -0.2) is 38.9 Å². The summed E-state index contributed by atoms with van der Waals surface area (Å²) in [5.74, 6) is -3.25. The molecule has 0 atom stereocenters. The highest BCUT2D eigenvalue weighted by Crippen LogP contribution is 2.40. The molecule has 2 amide bonds. The summed E-state index contributed by atoms with van der Waals surface area (Å²) in [6.07, 6.45) is -1.18. The molecule has 3 aromatic rings. The fourth-order valence-corrected chi connectivity index (χ4v) is 4.61. The summed E-state index contributed by atoms with van der Waals surface area (Å²) >= 11 is 0. The highest BCUT2D eigenvalue weighted by Gasteiger charge is 2.48. The minimum Gasteiger partial charge on any atom is -0.446 e. The van der Waals surface area contributed by atoms with Gasteiger partial charge in [0.2, 0.25) is 0 Å². The first-order valence-corrected chi connectivity index (χ1v) is 11.4. The molecule has 1 aromatic heterocycles. The topological polar surface area (TPSA) is 96.5 Å². The molecule has 36 heavy (non-hydrogen) atoms. The first kappa shape index (κ1) is 22.3. The molecule has 3 heterocycles. The van der Waals surface area contributed by atoms with E-state index in [1.165, 1.54) is 4.90 Å². The van der Waals surface area contributed by atoms with Crippen LogP contribution in [0.15, 0.2) is 42.6 Å². The van der Waals surface area contributed by atoms with Crippen LogP contribution in [0.4, 0.5) is 29.5 Å². The highest BCUT2D eigenvalue weighted by atomic mass is 19.3. The first-order chi connectivity index (χ1) is 17.2. The van der Waals surface area contributed by atoms with E-state index in [1.807, 2.05) is 12.1 Å². The van der Waals surface area contributed by atoms with Gasteiger partial charge in [-0.1, -0.05) is 12.1 Å². The van der Waals surface area contributed by atoms with Crippen LogP contribution in [0.5, 0.6) is 0 Å². The van der Waals surface area contributed by atoms with Crippen molar-refractivity contribution >= 4 is 23.5 Å². The quantitative estimate of drug-likeness (QED) is 0.553. The maximum atomic E-state index is 14.5. The van der Waals surface area contributed by atoms with Crippen molar-refractivity contribution < 1.29 is 27.5 Å². The molecule has 1 aliphatic carbocycles. The third-order valence-electron chi connectivity index (χ3n) is 6.56. The van der Waals surface area contributed by atoms with Crippen molar-refractivity contribution in [3.05, 3.63) is 70.7 Å². The Hall–Kier alpha value is -4.15. The van der Waals surface area contributed by atoms with Crippen LogP contribution >= 0.6 is 0 Å². The fourth-order valence-electron chi connectivity index (χ4n) is 4.61. The fraction of sp³-hybridized carbons (Fsp3) is 0.280.